The van der Waals surface area contributed by atoms with E-state index in [4.69, 9.17) is 11.6 Å². The molecule has 2 aromatic heterocycles. The summed E-state index contributed by atoms with van der Waals surface area (Å²) in [5.74, 6) is 0.782. The van der Waals surface area contributed by atoms with Crippen LogP contribution < -0.4 is 5.56 Å². The van der Waals surface area contributed by atoms with Crippen LogP contribution in [0.2, 0.25) is 5.02 Å². The van der Waals surface area contributed by atoms with Crippen molar-refractivity contribution in [3.63, 3.8) is 0 Å². The van der Waals surface area contributed by atoms with Crippen molar-refractivity contribution in [1.82, 2.24) is 30.1 Å². The fraction of sp³-hybridized carbons (Fsp3) is 0.290. The maximum absolute atomic E-state index is 13.3. The lowest BCUT2D eigenvalue weighted by Gasteiger charge is -2.30. The molecule has 0 saturated carbocycles. The number of hydrogen-bond donors (Lipinski definition) is 1. The predicted octanol–water partition coefficient (Wildman–Crippen LogP) is 6.18. The van der Waals surface area contributed by atoms with Crippen molar-refractivity contribution in [2.24, 2.45) is 0 Å². The third kappa shape index (κ3) is 6.10. The van der Waals surface area contributed by atoms with E-state index < -0.39 is 0 Å². The van der Waals surface area contributed by atoms with Crippen LogP contribution in [0.15, 0.2) is 77.6 Å². The van der Waals surface area contributed by atoms with Gasteiger partial charge in [-0.2, -0.15) is 0 Å². The van der Waals surface area contributed by atoms with Gasteiger partial charge in [0.2, 0.25) is 0 Å². The number of pyridine rings is 1. The van der Waals surface area contributed by atoms with Crippen LogP contribution in [0.1, 0.15) is 53.0 Å². The third-order valence-electron chi connectivity index (χ3n) is 7.22. The summed E-state index contributed by atoms with van der Waals surface area (Å²) in [5, 5.41) is 14.5. The fourth-order valence-electron chi connectivity index (χ4n) is 5.28. The number of nitrogens with one attached hydrogen (secondary N) is 1. The standard InChI is InChI=1S/C31H33ClN6O/c1-4-28(30-34-35-36-38(30)15-14-23-10-6-5-7-11-23)37(19-24-12-8-9-13-27(24)32)20-26-18-25-17-21(2)16-22(3)29(25)33-31(26)39/h5-13,16-18,28H,4,14-15,19-20H2,1-3H3,(H,33,39). The van der Waals surface area contributed by atoms with Gasteiger partial charge in [0.05, 0.1) is 11.6 Å². The van der Waals surface area contributed by atoms with E-state index in [1.807, 2.05) is 60.1 Å². The van der Waals surface area contributed by atoms with E-state index in [9.17, 15) is 4.79 Å². The van der Waals surface area contributed by atoms with E-state index in [0.29, 0.717) is 30.2 Å². The lowest BCUT2D eigenvalue weighted by molar-refractivity contribution is 0.160. The van der Waals surface area contributed by atoms with Crippen molar-refractivity contribution in [2.75, 3.05) is 0 Å². The zero-order valence-corrected chi connectivity index (χ0v) is 23.3. The number of hydrogen-bond acceptors (Lipinski definition) is 5. The largest absolute Gasteiger partial charge is 0.321 e. The molecule has 3 aromatic carbocycles. The van der Waals surface area contributed by atoms with Crippen LogP contribution in [0, 0.1) is 13.8 Å². The summed E-state index contributed by atoms with van der Waals surface area (Å²) in [6.45, 7) is 7.86. The molecule has 0 spiro atoms. The average molecular weight is 541 g/mol. The number of tetrazole rings is 1. The first-order chi connectivity index (χ1) is 18.9. The second-order valence-electron chi connectivity index (χ2n) is 10.1. The van der Waals surface area contributed by atoms with Gasteiger partial charge >= 0.3 is 0 Å². The molecule has 8 heteroatoms. The summed E-state index contributed by atoms with van der Waals surface area (Å²) in [6, 6.07) is 24.2. The second-order valence-corrected chi connectivity index (χ2v) is 10.5. The summed E-state index contributed by atoms with van der Waals surface area (Å²) in [5.41, 5.74) is 5.93. The molecule has 0 aliphatic rings. The Hall–Kier alpha value is -3.81. The van der Waals surface area contributed by atoms with Gasteiger partial charge in [0, 0.05) is 30.2 Å². The van der Waals surface area contributed by atoms with Crippen molar-refractivity contribution < 1.29 is 0 Å². The lowest BCUT2D eigenvalue weighted by atomic mass is 10.0. The maximum Gasteiger partial charge on any atom is 0.252 e. The highest BCUT2D eigenvalue weighted by molar-refractivity contribution is 6.31. The lowest BCUT2D eigenvalue weighted by Crippen LogP contribution is -2.32. The quantitative estimate of drug-likeness (QED) is 0.229. The molecule has 1 atom stereocenters. The smallest absolute Gasteiger partial charge is 0.252 e. The molecule has 0 bridgehead atoms. The molecule has 200 valence electrons. The summed E-state index contributed by atoms with van der Waals surface area (Å²) in [7, 11) is 0. The molecule has 0 fully saturated rings. The van der Waals surface area contributed by atoms with Gasteiger partial charge in [-0.25, -0.2) is 4.68 Å². The topological polar surface area (TPSA) is 79.7 Å². The van der Waals surface area contributed by atoms with E-state index in [-0.39, 0.29) is 11.6 Å². The van der Waals surface area contributed by atoms with Crippen LogP contribution in [0.4, 0.5) is 0 Å². The molecule has 0 saturated heterocycles. The monoisotopic (exact) mass is 540 g/mol. The molecule has 0 radical (unpaired) electrons. The highest BCUT2D eigenvalue weighted by atomic mass is 35.5. The zero-order valence-electron chi connectivity index (χ0n) is 22.6. The summed E-state index contributed by atoms with van der Waals surface area (Å²) in [6.07, 6.45) is 1.59. The van der Waals surface area contributed by atoms with Crippen molar-refractivity contribution in [3.05, 3.63) is 122 Å². The van der Waals surface area contributed by atoms with Crippen molar-refractivity contribution in [1.29, 1.82) is 0 Å². The number of aromatic nitrogens is 5. The molecular weight excluding hydrogens is 508 g/mol. The number of benzene rings is 3. The Bertz CT molecular complexity index is 1630. The summed E-state index contributed by atoms with van der Waals surface area (Å²) < 4.78 is 1.89. The van der Waals surface area contributed by atoms with Crippen LogP contribution in [0.5, 0.6) is 0 Å². The molecule has 0 aliphatic heterocycles. The highest BCUT2D eigenvalue weighted by Gasteiger charge is 2.26. The molecule has 5 rings (SSSR count). The minimum Gasteiger partial charge on any atom is -0.321 e. The number of rotatable bonds is 10. The minimum atomic E-state index is -0.124. The van der Waals surface area contributed by atoms with Gasteiger partial charge in [0.25, 0.3) is 5.56 Å². The second kappa shape index (κ2) is 11.9. The normalized spacial score (nSPS) is 12.3. The van der Waals surface area contributed by atoms with Crippen LogP contribution in [0.3, 0.4) is 0 Å². The fourth-order valence-corrected chi connectivity index (χ4v) is 5.48. The molecular formula is C31H33ClN6O. The van der Waals surface area contributed by atoms with Gasteiger partial charge in [0.1, 0.15) is 0 Å². The third-order valence-corrected chi connectivity index (χ3v) is 7.58. The van der Waals surface area contributed by atoms with Gasteiger partial charge in [-0.3, -0.25) is 9.69 Å². The molecule has 5 aromatic rings. The van der Waals surface area contributed by atoms with E-state index in [0.717, 1.165) is 46.3 Å². The van der Waals surface area contributed by atoms with Gasteiger partial charge in [0.15, 0.2) is 5.82 Å². The van der Waals surface area contributed by atoms with E-state index >= 15 is 0 Å². The molecule has 39 heavy (non-hydrogen) atoms. The van der Waals surface area contributed by atoms with E-state index in [1.165, 1.54) is 5.56 Å². The van der Waals surface area contributed by atoms with E-state index in [2.05, 4.69) is 63.5 Å². The summed E-state index contributed by atoms with van der Waals surface area (Å²) in [4.78, 5) is 18.7. The van der Waals surface area contributed by atoms with Crippen molar-refractivity contribution >= 4 is 22.5 Å². The van der Waals surface area contributed by atoms with Gasteiger partial charge < -0.3 is 4.98 Å². The first-order valence-electron chi connectivity index (χ1n) is 13.3. The molecule has 1 N–H and O–H groups in total. The van der Waals surface area contributed by atoms with Crippen LogP contribution >= 0.6 is 11.6 Å². The Morgan fingerprint density at radius 2 is 1.72 bits per heavy atom. The first kappa shape index (κ1) is 26.8. The van der Waals surface area contributed by atoms with Crippen molar-refractivity contribution in [3.8, 4) is 0 Å². The molecule has 0 aliphatic carbocycles. The van der Waals surface area contributed by atoms with Gasteiger partial charge in [-0.05, 0) is 77.4 Å². The highest BCUT2D eigenvalue weighted by Crippen LogP contribution is 2.29. The molecule has 7 nitrogen and oxygen atoms in total. The molecule has 0 amide bonds. The van der Waals surface area contributed by atoms with Crippen LogP contribution in [0.25, 0.3) is 10.9 Å². The summed E-state index contributed by atoms with van der Waals surface area (Å²) >= 11 is 6.60. The number of fused-ring (bicyclic) bond motifs is 1. The number of halogens is 1. The predicted molar refractivity (Wildman–Crippen MR) is 156 cm³/mol. The Balaban J connectivity index is 1.51. The zero-order chi connectivity index (χ0) is 27.4. The Morgan fingerprint density at radius 3 is 2.49 bits per heavy atom. The van der Waals surface area contributed by atoms with Gasteiger partial charge in [-0.1, -0.05) is 78.7 Å². The maximum atomic E-state index is 13.3. The Labute approximate surface area is 233 Å². The Kier molecular flexibility index (Phi) is 8.19. The number of aryl methyl sites for hydroxylation is 4. The first-order valence-corrected chi connectivity index (χ1v) is 13.7. The minimum absolute atomic E-state index is 0.0860. The number of H-pyrrole nitrogens is 1. The van der Waals surface area contributed by atoms with E-state index in [1.54, 1.807) is 0 Å². The SMILES string of the molecule is CCC(c1nnnn1CCc1ccccc1)N(Cc1ccccc1Cl)Cc1cc2cc(C)cc(C)c2[nH]c1=O. The number of nitrogens with zero attached hydrogens (tertiary/aromatic N) is 5. The van der Waals surface area contributed by atoms with Crippen LogP contribution in [-0.4, -0.2) is 30.1 Å². The Morgan fingerprint density at radius 1 is 0.974 bits per heavy atom. The van der Waals surface area contributed by atoms with Crippen molar-refractivity contribution in [2.45, 2.75) is 59.3 Å². The molecule has 2 heterocycles. The molecule has 1 unspecified atom stereocenters. The number of aromatic amines is 1. The van der Waals surface area contributed by atoms with Gasteiger partial charge in [-0.15, -0.1) is 5.10 Å². The average Bonchev–Trinajstić information content (AvgIpc) is 3.39. The van der Waals surface area contributed by atoms with Crippen LogP contribution in [-0.2, 0) is 26.1 Å².